The molecule has 0 fully saturated rings. The van der Waals surface area contributed by atoms with Gasteiger partial charge in [-0.25, -0.2) is 9.78 Å². The molecule has 72 valence electrons. The number of aryl methyl sites for hydroxylation is 1. The van der Waals surface area contributed by atoms with Gasteiger partial charge in [0.1, 0.15) is 5.01 Å². The summed E-state index contributed by atoms with van der Waals surface area (Å²) in [5.41, 5.74) is 0. The van der Waals surface area contributed by atoms with E-state index in [-0.39, 0.29) is 6.04 Å². The van der Waals surface area contributed by atoms with Gasteiger partial charge in [-0.15, -0.1) is 11.3 Å². The summed E-state index contributed by atoms with van der Waals surface area (Å²) in [6.45, 7) is 3.85. The number of amides is 1. The molecule has 1 heterocycles. The zero-order valence-electron chi connectivity index (χ0n) is 7.83. The van der Waals surface area contributed by atoms with Crippen molar-refractivity contribution >= 4 is 17.4 Å². The maximum atomic E-state index is 10.8. The van der Waals surface area contributed by atoms with Crippen molar-refractivity contribution in [1.29, 1.82) is 0 Å². The molecule has 1 rings (SSSR count). The highest BCUT2D eigenvalue weighted by Crippen LogP contribution is 2.18. The Bertz CT molecular complexity index is 298. The number of ether oxygens (including phenoxy) is 1. The summed E-state index contributed by atoms with van der Waals surface area (Å²) in [5.74, 6) is 0. The molecule has 0 aliphatic rings. The number of nitrogens with zero attached hydrogens (tertiary/aromatic N) is 1. The van der Waals surface area contributed by atoms with Crippen molar-refractivity contribution < 1.29 is 9.53 Å². The molecule has 0 radical (unpaired) electrons. The molecule has 0 saturated carbocycles. The largest absolute Gasteiger partial charge is 0.453 e. The Hall–Kier alpha value is -1.10. The maximum Gasteiger partial charge on any atom is 0.407 e. The van der Waals surface area contributed by atoms with Crippen LogP contribution in [0, 0.1) is 6.92 Å². The molecule has 4 nitrogen and oxygen atoms in total. The van der Waals surface area contributed by atoms with Crippen LogP contribution in [0.4, 0.5) is 4.79 Å². The second-order valence-corrected chi connectivity index (χ2v) is 3.93. The topological polar surface area (TPSA) is 51.2 Å². The lowest BCUT2D eigenvalue weighted by atomic mass is 10.4. The first-order valence-electron chi connectivity index (χ1n) is 3.90. The minimum absolute atomic E-state index is 0.0915. The third-order valence-electron chi connectivity index (χ3n) is 1.53. The third kappa shape index (κ3) is 2.69. The fourth-order valence-electron chi connectivity index (χ4n) is 0.870. The Morgan fingerprint density at radius 2 is 2.46 bits per heavy atom. The average molecular weight is 200 g/mol. The molecule has 1 amide bonds. The zero-order chi connectivity index (χ0) is 9.84. The van der Waals surface area contributed by atoms with Crippen LogP contribution in [0.3, 0.4) is 0 Å². The van der Waals surface area contributed by atoms with Crippen LogP contribution in [0.2, 0.25) is 0 Å². The van der Waals surface area contributed by atoms with Gasteiger partial charge in [0, 0.05) is 11.1 Å². The van der Waals surface area contributed by atoms with E-state index < -0.39 is 6.09 Å². The molecular formula is C8H12N2O2S. The van der Waals surface area contributed by atoms with E-state index in [4.69, 9.17) is 0 Å². The van der Waals surface area contributed by atoms with E-state index in [1.54, 1.807) is 17.5 Å². The lowest BCUT2D eigenvalue weighted by molar-refractivity contribution is 0.167. The lowest BCUT2D eigenvalue weighted by Gasteiger charge is -2.08. The van der Waals surface area contributed by atoms with E-state index in [9.17, 15) is 4.79 Å². The Labute approximate surface area is 80.9 Å². The van der Waals surface area contributed by atoms with E-state index in [0.29, 0.717) is 0 Å². The number of aromatic nitrogens is 1. The number of hydrogen-bond acceptors (Lipinski definition) is 4. The van der Waals surface area contributed by atoms with Gasteiger partial charge in [-0.3, -0.25) is 0 Å². The van der Waals surface area contributed by atoms with Crippen molar-refractivity contribution in [3.8, 4) is 0 Å². The van der Waals surface area contributed by atoms with Crippen LogP contribution in [0.1, 0.15) is 22.9 Å². The molecule has 1 atom stereocenters. The van der Waals surface area contributed by atoms with Gasteiger partial charge in [0.15, 0.2) is 0 Å². The first-order chi connectivity index (χ1) is 6.13. The minimum Gasteiger partial charge on any atom is -0.453 e. The predicted molar refractivity (Wildman–Crippen MR) is 50.8 cm³/mol. The van der Waals surface area contributed by atoms with E-state index in [0.717, 1.165) is 9.88 Å². The van der Waals surface area contributed by atoms with Crippen LogP contribution in [0.15, 0.2) is 6.20 Å². The molecule has 0 bridgehead atoms. The van der Waals surface area contributed by atoms with Crippen molar-refractivity contribution in [3.05, 3.63) is 16.1 Å². The number of nitrogens with one attached hydrogen (secondary N) is 1. The second-order valence-electron chi connectivity index (χ2n) is 2.67. The number of rotatable bonds is 2. The summed E-state index contributed by atoms with van der Waals surface area (Å²) in [6.07, 6.45) is 1.36. The quantitative estimate of drug-likeness (QED) is 0.792. The molecule has 0 aliphatic carbocycles. The Kier molecular flexibility index (Phi) is 3.25. The van der Waals surface area contributed by atoms with Gasteiger partial charge < -0.3 is 10.1 Å². The van der Waals surface area contributed by atoms with Crippen LogP contribution in [-0.2, 0) is 4.74 Å². The number of thiazole rings is 1. The van der Waals surface area contributed by atoms with Crippen LogP contribution in [0.25, 0.3) is 0 Å². The number of carbonyl (C=O) groups excluding carboxylic acids is 1. The van der Waals surface area contributed by atoms with E-state index in [1.165, 1.54) is 7.11 Å². The Morgan fingerprint density at radius 3 is 2.92 bits per heavy atom. The summed E-state index contributed by atoms with van der Waals surface area (Å²) in [5, 5.41) is 3.54. The van der Waals surface area contributed by atoms with Crippen LogP contribution < -0.4 is 5.32 Å². The summed E-state index contributed by atoms with van der Waals surface area (Å²) in [4.78, 5) is 16.1. The van der Waals surface area contributed by atoms with Gasteiger partial charge in [-0.1, -0.05) is 0 Å². The number of methoxy groups -OCH3 is 1. The van der Waals surface area contributed by atoms with Crippen molar-refractivity contribution in [2.24, 2.45) is 0 Å². The summed E-state index contributed by atoms with van der Waals surface area (Å²) >= 11 is 1.57. The number of hydrogen-bond donors (Lipinski definition) is 1. The highest BCUT2D eigenvalue weighted by atomic mass is 32.1. The maximum absolute atomic E-state index is 10.8. The Morgan fingerprint density at radius 1 is 1.77 bits per heavy atom. The fraction of sp³-hybridized carbons (Fsp3) is 0.500. The fourth-order valence-corrected chi connectivity index (χ4v) is 1.65. The molecule has 0 spiro atoms. The highest BCUT2D eigenvalue weighted by Gasteiger charge is 2.11. The third-order valence-corrected chi connectivity index (χ3v) is 2.62. The van der Waals surface area contributed by atoms with Crippen LogP contribution in [-0.4, -0.2) is 18.2 Å². The van der Waals surface area contributed by atoms with E-state index in [1.807, 2.05) is 13.8 Å². The number of carbonyl (C=O) groups is 1. The standard InChI is InChI=1S/C8H12N2O2S/c1-5-4-9-7(13-5)6(2)10-8(11)12-3/h4,6H,1-3H3,(H,10,11). The molecule has 0 aromatic carbocycles. The lowest BCUT2D eigenvalue weighted by Crippen LogP contribution is -2.26. The molecular weight excluding hydrogens is 188 g/mol. The van der Waals surface area contributed by atoms with Gasteiger partial charge in [0.25, 0.3) is 0 Å². The minimum atomic E-state index is -0.430. The summed E-state index contributed by atoms with van der Waals surface area (Å²) < 4.78 is 4.48. The van der Waals surface area contributed by atoms with Crippen molar-refractivity contribution in [2.75, 3.05) is 7.11 Å². The first-order valence-corrected chi connectivity index (χ1v) is 4.72. The average Bonchev–Trinajstić information content (AvgIpc) is 2.51. The monoisotopic (exact) mass is 200 g/mol. The smallest absolute Gasteiger partial charge is 0.407 e. The summed E-state index contributed by atoms with van der Waals surface area (Å²) in [7, 11) is 1.34. The van der Waals surface area contributed by atoms with Gasteiger partial charge >= 0.3 is 6.09 Å². The molecule has 1 unspecified atom stereocenters. The van der Waals surface area contributed by atoms with Crippen LogP contribution >= 0.6 is 11.3 Å². The van der Waals surface area contributed by atoms with Gasteiger partial charge in [-0.2, -0.15) is 0 Å². The highest BCUT2D eigenvalue weighted by molar-refractivity contribution is 7.11. The Balaban J connectivity index is 2.58. The summed E-state index contributed by atoms with van der Waals surface area (Å²) in [6, 6.07) is -0.0915. The van der Waals surface area contributed by atoms with Crippen molar-refractivity contribution in [1.82, 2.24) is 10.3 Å². The molecule has 0 saturated heterocycles. The molecule has 13 heavy (non-hydrogen) atoms. The molecule has 1 N–H and O–H groups in total. The van der Waals surface area contributed by atoms with Crippen LogP contribution in [0.5, 0.6) is 0 Å². The molecule has 5 heteroatoms. The molecule has 0 aliphatic heterocycles. The normalized spacial score (nSPS) is 12.2. The number of alkyl carbamates (subject to hydrolysis) is 1. The van der Waals surface area contributed by atoms with E-state index >= 15 is 0 Å². The van der Waals surface area contributed by atoms with Gasteiger partial charge in [0.05, 0.1) is 13.2 Å². The van der Waals surface area contributed by atoms with Gasteiger partial charge in [0.2, 0.25) is 0 Å². The molecule has 1 aromatic rings. The second kappa shape index (κ2) is 4.23. The SMILES string of the molecule is COC(=O)NC(C)c1ncc(C)s1. The van der Waals surface area contributed by atoms with Crippen molar-refractivity contribution in [3.63, 3.8) is 0 Å². The predicted octanol–water partition coefficient (Wildman–Crippen LogP) is 1.87. The van der Waals surface area contributed by atoms with E-state index in [2.05, 4.69) is 15.0 Å². The molecule has 1 aromatic heterocycles. The van der Waals surface area contributed by atoms with Crippen molar-refractivity contribution in [2.45, 2.75) is 19.9 Å². The first kappa shape index (κ1) is 9.98. The zero-order valence-corrected chi connectivity index (χ0v) is 8.64. The van der Waals surface area contributed by atoms with Gasteiger partial charge in [-0.05, 0) is 13.8 Å².